The molecule has 0 aliphatic heterocycles. The van der Waals surface area contributed by atoms with Crippen LogP contribution >= 0.6 is 23.2 Å². The van der Waals surface area contributed by atoms with Crippen LogP contribution in [0.5, 0.6) is 34.9 Å². The number of para-hydroxylation sites is 2. The van der Waals surface area contributed by atoms with Gasteiger partial charge in [0.25, 0.3) is 17.0 Å². The molecule has 19 nitrogen and oxygen atoms in total. The number of halogens is 10. The topological polar surface area (TPSA) is 216 Å². The molecule has 0 fully saturated rings. The standard InChI is InChI=1S/C21H16ClF4N3O6.C20H15ClF4N4O6/c1-3-33-17(31)10-34-13-6-4-5-7-14(13)35-19-11(22)8-12(23)18(27-19)29-16(30)9-15(21(24,25)26)28(2)20(29)32;1-3-33-15(31)9-34-18-12(5-4-6-26-18)35-17-10(21)7-11(22)16(27-17)29-14(30)8-13(20(23,24)25)28(2)19(29)32/h4-9H,3,10H2,1-2H3;4-8H,3,9H2,1-2H3. The molecule has 1 aromatic carbocycles. The first-order valence-electron chi connectivity index (χ1n) is 19.4. The minimum Gasteiger partial charge on any atom is -0.478 e. The molecule has 0 spiro atoms. The normalized spacial score (nSPS) is 11.3. The van der Waals surface area contributed by atoms with Crippen molar-refractivity contribution in [3.8, 4) is 46.5 Å². The van der Waals surface area contributed by atoms with E-state index in [0.29, 0.717) is 12.1 Å². The number of pyridine rings is 3. The van der Waals surface area contributed by atoms with E-state index in [4.69, 9.17) is 51.6 Å². The second-order valence-electron chi connectivity index (χ2n) is 13.4. The fourth-order valence-corrected chi connectivity index (χ4v) is 5.97. The highest BCUT2D eigenvalue weighted by molar-refractivity contribution is 6.32. The number of carbonyl (C=O) groups excluding carboxylic acids is 2. The molecule has 0 bridgehead atoms. The summed E-state index contributed by atoms with van der Waals surface area (Å²) in [6.45, 7) is 2.50. The van der Waals surface area contributed by atoms with Gasteiger partial charge in [-0.1, -0.05) is 35.3 Å². The van der Waals surface area contributed by atoms with Crippen molar-refractivity contribution in [2.75, 3.05) is 26.4 Å². The maximum atomic E-state index is 14.6. The van der Waals surface area contributed by atoms with Crippen LogP contribution in [0.2, 0.25) is 10.0 Å². The van der Waals surface area contributed by atoms with Crippen molar-refractivity contribution in [1.82, 2.24) is 33.2 Å². The van der Waals surface area contributed by atoms with Crippen molar-refractivity contribution in [2.24, 2.45) is 14.1 Å². The Hall–Kier alpha value is -7.81. The summed E-state index contributed by atoms with van der Waals surface area (Å²) in [6.07, 6.45) is -8.70. The summed E-state index contributed by atoms with van der Waals surface area (Å²) < 4.78 is 139. The van der Waals surface area contributed by atoms with Crippen molar-refractivity contribution in [3.63, 3.8) is 0 Å². The smallest absolute Gasteiger partial charge is 0.431 e. The number of esters is 2. The average molecular weight is 1040 g/mol. The summed E-state index contributed by atoms with van der Waals surface area (Å²) in [5, 5.41) is -0.800. The minimum absolute atomic E-state index is 0.0311. The van der Waals surface area contributed by atoms with Gasteiger partial charge in [0, 0.05) is 44.6 Å². The first-order valence-corrected chi connectivity index (χ1v) is 20.1. The van der Waals surface area contributed by atoms with E-state index >= 15 is 0 Å². The van der Waals surface area contributed by atoms with E-state index in [1.165, 1.54) is 36.5 Å². The van der Waals surface area contributed by atoms with E-state index in [1.54, 1.807) is 19.9 Å². The Morgan fingerprint density at radius 2 is 1.01 bits per heavy atom. The lowest BCUT2D eigenvalue weighted by molar-refractivity contribution is -0.146. The Morgan fingerprint density at radius 1 is 0.600 bits per heavy atom. The summed E-state index contributed by atoms with van der Waals surface area (Å²) in [6, 6.07) is 10.2. The molecule has 0 atom stereocenters. The molecule has 29 heteroatoms. The molecule has 0 saturated heterocycles. The molecular weight excluding hydrogens is 1010 g/mol. The van der Waals surface area contributed by atoms with Gasteiger partial charge in [0.15, 0.2) is 53.7 Å². The lowest BCUT2D eigenvalue weighted by Gasteiger charge is -2.15. The van der Waals surface area contributed by atoms with Crippen LogP contribution in [-0.4, -0.2) is 71.6 Å². The Balaban J connectivity index is 0.000000261. The van der Waals surface area contributed by atoms with E-state index in [-0.39, 0.29) is 71.8 Å². The average Bonchev–Trinajstić information content (AvgIpc) is 3.28. The van der Waals surface area contributed by atoms with Gasteiger partial charge in [0.2, 0.25) is 11.8 Å². The number of hydrogen-bond donors (Lipinski definition) is 0. The van der Waals surface area contributed by atoms with Gasteiger partial charge in [-0.2, -0.15) is 36.3 Å². The van der Waals surface area contributed by atoms with Crippen molar-refractivity contribution in [2.45, 2.75) is 26.2 Å². The quantitative estimate of drug-likeness (QED) is 0.0858. The molecule has 6 rings (SSSR count). The maximum Gasteiger partial charge on any atom is 0.431 e. The van der Waals surface area contributed by atoms with Crippen LogP contribution in [0, 0.1) is 11.6 Å². The minimum atomic E-state index is -5.01. The molecule has 0 aliphatic carbocycles. The Kier molecular flexibility index (Phi) is 16.8. The summed E-state index contributed by atoms with van der Waals surface area (Å²) in [5.74, 6) is -7.15. The van der Waals surface area contributed by atoms with Gasteiger partial charge in [-0.05, 0) is 38.1 Å². The molecule has 0 radical (unpaired) electrons. The largest absolute Gasteiger partial charge is 0.478 e. The van der Waals surface area contributed by atoms with Crippen molar-refractivity contribution >= 4 is 35.1 Å². The molecule has 70 heavy (non-hydrogen) atoms. The molecule has 0 aliphatic rings. The number of hydrogen-bond acceptors (Lipinski definition) is 15. The zero-order chi connectivity index (χ0) is 51.8. The van der Waals surface area contributed by atoms with Gasteiger partial charge in [-0.15, -0.1) is 0 Å². The molecule has 0 amide bonds. The number of ether oxygens (including phenoxy) is 6. The predicted molar refractivity (Wildman–Crippen MR) is 225 cm³/mol. The SMILES string of the molecule is CCOC(=O)COc1ccccc1Oc1nc(-n2c(=O)cc(C(F)(F)F)n(C)c2=O)c(F)cc1Cl.CCOC(=O)COc1ncccc1Oc1nc(-n2c(=O)cc(C(F)(F)F)n(C)c2=O)c(F)cc1Cl. The third-order valence-corrected chi connectivity index (χ3v) is 9.23. The molecule has 372 valence electrons. The van der Waals surface area contributed by atoms with Crippen LogP contribution in [0.1, 0.15) is 25.2 Å². The van der Waals surface area contributed by atoms with Crippen LogP contribution in [0.4, 0.5) is 35.1 Å². The molecule has 5 heterocycles. The van der Waals surface area contributed by atoms with Crippen LogP contribution < -0.4 is 41.4 Å². The summed E-state index contributed by atoms with van der Waals surface area (Å²) >= 11 is 12.0. The molecule has 0 saturated carbocycles. The van der Waals surface area contributed by atoms with Gasteiger partial charge >= 0.3 is 35.7 Å². The lowest BCUT2D eigenvalue weighted by Crippen LogP contribution is -2.41. The third kappa shape index (κ3) is 12.4. The third-order valence-electron chi connectivity index (χ3n) is 8.68. The van der Waals surface area contributed by atoms with E-state index in [1.807, 2.05) is 0 Å². The first kappa shape index (κ1) is 53.1. The van der Waals surface area contributed by atoms with Crippen molar-refractivity contribution in [1.29, 1.82) is 0 Å². The van der Waals surface area contributed by atoms with E-state index in [2.05, 4.69) is 15.0 Å². The number of nitrogens with zero attached hydrogens (tertiary/aromatic N) is 7. The van der Waals surface area contributed by atoms with Gasteiger partial charge in [-0.25, -0.2) is 42.1 Å². The number of alkyl halides is 6. The van der Waals surface area contributed by atoms with Gasteiger partial charge < -0.3 is 28.4 Å². The Bertz CT molecular complexity index is 2990. The van der Waals surface area contributed by atoms with Crippen molar-refractivity contribution < 1.29 is 73.1 Å². The first-order chi connectivity index (χ1) is 32.9. The molecule has 0 N–H and O–H groups in total. The molecule has 0 unspecified atom stereocenters. The van der Waals surface area contributed by atoms with Crippen LogP contribution in [0.25, 0.3) is 11.6 Å². The Morgan fingerprint density at radius 3 is 1.46 bits per heavy atom. The van der Waals surface area contributed by atoms with Crippen molar-refractivity contribution in [3.05, 3.63) is 142 Å². The van der Waals surface area contributed by atoms with Gasteiger partial charge in [-0.3, -0.25) is 18.7 Å². The number of aromatic nitrogens is 7. The van der Waals surface area contributed by atoms with Gasteiger partial charge in [0.05, 0.1) is 13.2 Å². The number of benzene rings is 1. The highest BCUT2D eigenvalue weighted by Crippen LogP contribution is 2.36. The Labute approximate surface area is 395 Å². The highest BCUT2D eigenvalue weighted by atomic mass is 35.5. The summed E-state index contributed by atoms with van der Waals surface area (Å²) in [4.78, 5) is 84.1. The second kappa shape index (κ2) is 22.1. The van der Waals surface area contributed by atoms with E-state index in [0.717, 1.165) is 14.1 Å². The van der Waals surface area contributed by atoms with Crippen LogP contribution in [0.3, 0.4) is 0 Å². The lowest BCUT2D eigenvalue weighted by atomic mass is 10.3. The van der Waals surface area contributed by atoms with Crippen LogP contribution in [-0.2, 0) is 45.5 Å². The fourth-order valence-electron chi connectivity index (χ4n) is 5.62. The maximum absolute atomic E-state index is 14.6. The zero-order valence-electron chi connectivity index (χ0n) is 36.0. The number of rotatable bonds is 14. The predicted octanol–water partition coefficient (Wildman–Crippen LogP) is 6.35. The monoisotopic (exact) mass is 1040 g/mol. The number of carbonyl (C=O) groups is 2. The summed E-state index contributed by atoms with van der Waals surface area (Å²) in [7, 11) is 1.53. The molecular formula is C41H31Cl2F8N7O12. The van der Waals surface area contributed by atoms with E-state index < -0.39 is 111 Å². The highest BCUT2D eigenvalue weighted by Gasteiger charge is 2.37. The van der Waals surface area contributed by atoms with Gasteiger partial charge in [0.1, 0.15) is 21.4 Å². The molecule has 6 aromatic rings. The van der Waals surface area contributed by atoms with E-state index in [9.17, 15) is 63.9 Å². The molecule has 5 aromatic heterocycles. The fraction of sp³-hybridized carbons (Fsp3) is 0.244. The summed E-state index contributed by atoms with van der Waals surface area (Å²) in [5.41, 5.74) is -9.03. The zero-order valence-corrected chi connectivity index (χ0v) is 37.5. The second-order valence-corrected chi connectivity index (χ2v) is 14.2. The van der Waals surface area contributed by atoms with Crippen LogP contribution in [0.15, 0.2) is 86.0 Å².